The first-order chi connectivity index (χ1) is 16.0. The molecule has 1 N–H and O–H groups in total. The Balaban J connectivity index is 1.39. The number of halogens is 1. The van der Waals surface area contributed by atoms with Gasteiger partial charge in [-0.25, -0.2) is 9.07 Å². The molecule has 0 spiro atoms. The van der Waals surface area contributed by atoms with Crippen LogP contribution in [0.5, 0.6) is 5.75 Å². The molecule has 33 heavy (non-hydrogen) atoms. The number of ether oxygens (including phenoxy) is 2. The number of methoxy groups -OCH3 is 1. The summed E-state index contributed by atoms with van der Waals surface area (Å²) < 4.78 is 25.6. The maximum absolute atomic E-state index is 13.3. The van der Waals surface area contributed by atoms with Crippen molar-refractivity contribution in [3.63, 3.8) is 0 Å². The predicted molar refractivity (Wildman–Crippen MR) is 120 cm³/mol. The van der Waals surface area contributed by atoms with Gasteiger partial charge >= 0.3 is 0 Å². The van der Waals surface area contributed by atoms with Crippen LogP contribution in [-0.4, -0.2) is 42.1 Å². The van der Waals surface area contributed by atoms with Crippen LogP contribution in [0.25, 0.3) is 11.3 Å². The topological polar surface area (TPSA) is 82.5 Å². The van der Waals surface area contributed by atoms with Crippen molar-refractivity contribution in [1.82, 2.24) is 15.1 Å². The molecule has 2 fully saturated rings. The summed E-state index contributed by atoms with van der Waals surface area (Å²) in [5, 5.41) is 7.65. The molecule has 3 aromatic rings. The Bertz CT molecular complexity index is 1240. The molecule has 2 atom stereocenters. The van der Waals surface area contributed by atoms with E-state index in [9.17, 15) is 14.0 Å². The fourth-order valence-electron chi connectivity index (χ4n) is 4.37. The summed E-state index contributed by atoms with van der Waals surface area (Å²) in [7, 11) is 1.59. The van der Waals surface area contributed by atoms with E-state index in [1.165, 1.54) is 22.9 Å². The van der Waals surface area contributed by atoms with Gasteiger partial charge in [0.25, 0.3) is 5.56 Å². The van der Waals surface area contributed by atoms with E-state index in [-0.39, 0.29) is 30.5 Å². The minimum absolute atomic E-state index is 0.133. The summed E-state index contributed by atoms with van der Waals surface area (Å²) in [6.07, 6.45) is 1.40. The summed E-state index contributed by atoms with van der Waals surface area (Å²) in [5.41, 5.74) is 1.32. The first-order valence-electron chi connectivity index (χ1n) is 10.9. The van der Waals surface area contributed by atoms with Crippen molar-refractivity contribution in [3.05, 3.63) is 82.4 Å². The van der Waals surface area contributed by atoms with Gasteiger partial charge in [-0.1, -0.05) is 24.3 Å². The van der Waals surface area contributed by atoms with Gasteiger partial charge in [-0.3, -0.25) is 9.59 Å². The molecule has 7 nitrogen and oxygen atoms in total. The Morgan fingerprint density at radius 1 is 1.15 bits per heavy atom. The molecule has 5 rings (SSSR count). The Labute approximate surface area is 190 Å². The van der Waals surface area contributed by atoms with Gasteiger partial charge in [0.1, 0.15) is 17.6 Å². The molecule has 1 saturated carbocycles. The van der Waals surface area contributed by atoms with E-state index in [1.54, 1.807) is 25.3 Å². The number of carbonyl (C=O) groups excluding carboxylic acids is 1. The number of rotatable bonds is 6. The van der Waals surface area contributed by atoms with Crippen molar-refractivity contribution in [2.24, 2.45) is 0 Å². The molecule has 2 aliphatic rings. The highest BCUT2D eigenvalue weighted by molar-refractivity contribution is 5.91. The third kappa shape index (κ3) is 4.02. The lowest BCUT2D eigenvalue weighted by atomic mass is 9.94. The van der Waals surface area contributed by atoms with E-state index in [0.29, 0.717) is 24.3 Å². The van der Waals surface area contributed by atoms with Crippen LogP contribution in [0.1, 0.15) is 24.4 Å². The second-order valence-electron chi connectivity index (χ2n) is 8.51. The van der Waals surface area contributed by atoms with Crippen LogP contribution in [0.15, 0.2) is 65.5 Å². The quantitative estimate of drug-likeness (QED) is 0.626. The Hall–Kier alpha value is -3.52. The van der Waals surface area contributed by atoms with E-state index < -0.39 is 17.5 Å². The molecular weight excluding hydrogens is 425 g/mol. The maximum atomic E-state index is 13.3. The third-order valence-electron chi connectivity index (χ3n) is 6.45. The van der Waals surface area contributed by atoms with E-state index in [1.807, 2.05) is 24.3 Å². The van der Waals surface area contributed by atoms with Crippen LogP contribution in [0.2, 0.25) is 0 Å². The zero-order valence-corrected chi connectivity index (χ0v) is 18.2. The Morgan fingerprint density at radius 2 is 1.94 bits per heavy atom. The molecule has 8 heteroatoms. The predicted octanol–water partition coefficient (Wildman–Crippen LogP) is 2.85. The Morgan fingerprint density at radius 3 is 2.67 bits per heavy atom. The van der Waals surface area contributed by atoms with Crippen molar-refractivity contribution >= 4 is 5.91 Å². The van der Waals surface area contributed by atoms with Gasteiger partial charge in [-0.15, -0.1) is 0 Å². The van der Waals surface area contributed by atoms with Gasteiger partial charge in [0.05, 0.1) is 37.5 Å². The number of amides is 1. The van der Waals surface area contributed by atoms with Crippen molar-refractivity contribution in [3.8, 4) is 17.0 Å². The normalized spacial score (nSPS) is 20.9. The van der Waals surface area contributed by atoms with Gasteiger partial charge in [0.15, 0.2) is 0 Å². The highest BCUT2D eigenvalue weighted by Gasteiger charge is 2.52. The molecule has 1 aromatic heterocycles. The van der Waals surface area contributed by atoms with E-state index >= 15 is 0 Å². The maximum Gasteiger partial charge on any atom is 0.267 e. The number of nitrogens with zero attached hydrogens (tertiary/aromatic N) is 2. The second-order valence-corrected chi connectivity index (χ2v) is 8.51. The fraction of sp³-hybridized carbons (Fsp3) is 0.320. The van der Waals surface area contributed by atoms with E-state index in [4.69, 9.17) is 9.47 Å². The minimum Gasteiger partial charge on any atom is -0.497 e. The van der Waals surface area contributed by atoms with Gasteiger partial charge in [-0.05, 0) is 48.7 Å². The van der Waals surface area contributed by atoms with Crippen molar-refractivity contribution in [2.45, 2.75) is 30.3 Å². The third-order valence-corrected chi connectivity index (χ3v) is 6.45. The van der Waals surface area contributed by atoms with Crippen LogP contribution < -0.4 is 15.6 Å². The lowest BCUT2D eigenvalue weighted by Gasteiger charge is -2.24. The van der Waals surface area contributed by atoms with Gasteiger partial charge in [0.2, 0.25) is 5.91 Å². The number of nitrogens with one attached hydrogen (secondary N) is 1. The molecule has 2 heterocycles. The minimum atomic E-state index is -0.651. The van der Waals surface area contributed by atoms with Crippen molar-refractivity contribution in [2.75, 3.05) is 20.3 Å². The molecule has 170 valence electrons. The molecule has 1 amide bonds. The fourth-order valence-corrected chi connectivity index (χ4v) is 4.37. The lowest BCUT2D eigenvalue weighted by molar-refractivity contribution is -0.124. The smallest absolute Gasteiger partial charge is 0.267 e. The van der Waals surface area contributed by atoms with Crippen LogP contribution >= 0.6 is 0 Å². The van der Waals surface area contributed by atoms with Crippen LogP contribution in [-0.2, 0) is 14.9 Å². The van der Waals surface area contributed by atoms with E-state index in [0.717, 1.165) is 11.1 Å². The molecule has 0 radical (unpaired) electrons. The highest BCUT2D eigenvalue weighted by atomic mass is 19.1. The molecule has 2 unspecified atom stereocenters. The van der Waals surface area contributed by atoms with Crippen LogP contribution in [0.4, 0.5) is 4.39 Å². The molecular formula is C25H24FN3O4. The molecule has 1 saturated heterocycles. The number of hydrogen-bond acceptors (Lipinski definition) is 5. The molecule has 0 bridgehead atoms. The summed E-state index contributed by atoms with van der Waals surface area (Å²) in [5.74, 6) is 0.226. The zero-order valence-electron chi connectivity index (χ0n) is 18.2. The van der Waals surface area contributed by atoms with E-state index in [2.05, 4.69) is 10.4 Å². The Kier molecular flexibility index (Phi) is 5.46. The highest BCUT2D eigenvalue weighted by Crippen LogP contribution is 2.48. The van der Waals surface area contributed by atoms with Gasteiger partial charge in [0, 0.05) is 11.6 Å². The number of hydrogen-bond donors (Lipinski definition) is 1. The van der Waals surface area contributed by atoms with Crippen LogP contribution in [0.3, 0.4) is 0 Å². The van der Waals surface area contributed by atoms with Crippen LogP contribution in [0, 0.1) is 5.82 Å². The molecule has 2 aromatic carbocycles. The second kappa shape index (κ2) is 8.44. The SMILES string of the molecule is COc1cccc(-c2ccc(=O)n(C3COCC3NC(=O)C3(c4ccc(F)cc4)CC3)n2)c1. The summed E-state index contributed by atoms with van der Waals surface area (Å²) >= 11 is 0. The number of benzene rings is 2. The largest absolute Gasteiger partial charge is 0.497 e. The monoisotopic (exact) mass is 449 g/mol. The van der Waals surface area contributed by atoms with Crippen molar-refractivity contribution in [1.29, 1.82) is 0 Å². The van der Waals surface area contributed by atoms with Gasteiger partial charge in [-0.2, -0.15) is 5.10 Å². The molecule has 1 aliphatic carbocycles. The van der Waals surface area contributed by atoms with Crippen molar-refractivity contribution < 1.29 is 18.7 Å². The lowest BCUT2D eigenvalue weighted by Crippen LogP contribution is -2.47. The standard InChI is InChI=1S/C25H24FN3O4/c1-32-19-4-2-3-16(13-19)20-9-10-23(30)29(28-20)22-15-33-14-21(22)27-24(31)25(11-12-25)17-5-7-18(26)8-6-17/h2-10,13,21-22H,11-12,14-15H2,1H3,(H,27,31). The number of aromatic nitrogens is 2. The average molecular weight is 449 g/mol. The summed E-state index contributed by atoms with van der Waals surface area (Å²) in [6, 6.07) is 15.8. The number of carbonyl (C=O) groups is 1. The summed E-state index contributed by atoms with van der Waals surface area (Å²) in [6.45, 7) is 0.552. The summed E-state index contributed by atoms with van der Waals surface area (Å²) in [4.78, 5) is 25.9. The molecule has 1 aliphatic heterocycles. The van der Waals surface area contributed by atoms with Gasteiger partial charge < -0.3 is 14.8 Å². The first kappa shape index (κ1) is 21.3. The zero-order chi connectivity index (χ0) is 23.0. The first-order valence-corrected chi connectivity index (χ1v) is 10.9. The average Bonchev–Trinajstić information content (AvgIpc) is 3.53.